The number of aromatic nitrogens is 2. The molecular weight excluding hydrogens is 206 g/mol. The van der Waals surface area contributed by atoms with Crippen molar-refractivity contribution in [2.45, 2.75) is 11.8 Å². The van der Waals surface area contributed by atoms with Crippen LogP contribution in [0.25, 0.3) is 5.69 Å². The fourth-order valence-corrected chi connectivity index (χ4v) is 1.89. The second-order valence-electron chi connectivity index (χ2n) is 3.32. The average Bonchev–Trinajstić information content (AvgIpc) is 2.58. The SMILES string of the molecule is CSc1ccc(-n2nc(N)cc2C)cc1. The van der Waals surface area contributed by atoms with E-state index in [9.17, 15) is 0 Å². The lowest BCUT2D eigenvalue weighted by Crippen LogP contribution is -1.99. The number of nitrogen functional groups attached to an aromatic ring is 1. The predicted octanol–water partition coefficient (Wildman–Crippen LogP) is 2.48. The quantitative estimate of drug-likeness (QED) is 0.789. The Balaban J connectivity index is 2.41. The minimum Gasteiger partial charge on any atom is -0.382 e. The fraction of sp³-hybridized carbons (Fsp3) is 0.182. The number of rotatable bonds is 2. The first-order chi connectivity index (χ1) is 7.20. The summed E-state index contributed by atoms with van der Waals surface area (Å²) in [5.41, 5.74) is 7.73. The van der Waals surface area contributed by atoms with E-state index in [1.54, 1.807) is 11.8 Å². The van der Waals surface area contributed by atoms with Crippen molar-refractivity contribution in [3.05, 3.63) is 36.0 Å². The van der Waals surface area contributed by atoms with Crippen LogP contribution < -0.4 is 5.73 Å². The Kier molecular flexibility index (Phi) is 2.68. The largest absolute Gasteiger partial charge is 0.382 e. The van der Waals surface area contributed by atoms with Gasteiger partial charge in [0.15, 0.2) is 0 Å². The molecule has 0 aliphatic carbocycles. The maximum Gasteiger partial charge on any atom is 0.146 e. The molecule has 0 saturated heterocycles. The topological polar surface area (TPSA) is 43.8 Å². The Bertz CT molecular complexity index is 459. The summed E-state index contributed by atoms with van der Waals surface area (Å²) in [5, 5.41) is 4.22. The molecule has 0 atom stereocenters. The standard InChI is InChI=1S/C11H13N3S/c1-8-7-11(12)13-14(8)9-3-5-10(15-2)6-4-9/h3-7H,1-2H3,(H2,12,13). The van der Waals surface area contributed by atoms with E-state index >= 15 is 0 Å². The van der Waals surface area contributed by atoms with Crippen molar-refractivity contribution in [3.63, 3.8) is 0 Å². The molecule has 2 N–H and O–H groups in total. The van der Waals surface area contributed by atoms with Gasteiger partial charge in [0.1, 0.15) is 5.82 Å². The van der Waals surface area contributed by atoms with Gasteiger partial charge in [-0.2, -0.15) is 5.10 Å². The zero-order chi connectivity index (χ0) is 10.8. The number of benzene rings is 1. The van der Waals surface area contributed by atoms with Crippen molar-refractivity contribution >= 4 is 17.6 Å². The molecule has 15 heavy (non-hydrogen) atoms. The molecule has 0 radical (unpaired) electrons. The fourth-order valence-electron chi connectivity index (χ4n) is 1.48. The minimum atomic E-state index is 0.557. The van der Waals surface area contributed by atoms with Crippen LogP contribution in [0.4, 0.5) is 5.82 Å². The van der Waals surface area contributed by atoms with Gasteiger partial charge in [-0.1, -0.05) is 0 Å². The average molecular weight is 219 g/mol. The lowest BCUT2D eigenvalue weighted by Gasteiger charge is -2.04. The molecule has 2 rings (SSSR count). The van der Waals surface area contributed by atoms with Gasteiger partial charge in [0, 0.05) is 16.7 Å². The molecule has 0 unspecified atom stereocenters. The normalized spacial score (nSPS) is 10.5. The van der Waals surface area contributed by atoms with Gasteiger partial charge in [-0.15, -0.1) is 11.8 Å². The molecule has 1 heterocycles. The summed E-state index contributed by atoms with van der Waals surface area (Å²) < 4.78 is 1.85. The molecule has 0 aliphatic rings. The van der Waals surface area contributed by atoms with E-state index in [1.165, 1.54) is 4.90 Å². The Hall–Kier alpha value is -1.42. The number of hydrogen-bond acceptors (Lipinski definition) is 3. The van der Waals surface area contributed by atoms with Gasteiger partial charge in [0.25, 0.3) is 0 Å². The molecule has 2 aromatic rings. The number of nitrogens with two attached hydrogens (primary N) is 1. The summed E-state index contributed by atoms with van der Waals surface area (Å²) in [6.07, 6.45) is 2.06. The van der Waals surface area contributed by atoms with Gasteiger partial charge >= 0.3 is 0 Å². The summed E-state index contributed by atoms with van der Waals surface area (Å²) in [7, 11) is 0. The maximum atomic E-state index is 5.64. The molecule has 0 fully saturated rings. The first-order valence-electron chi connectivity index (χ1n) is 4.67. The Morgan fingerprint density at radius 2 is 1.93 bits per heavy atom. The highest BCUT2D eigenvalue weighted by atomic mass is 32.2. The Morgan fingerprint density at radius 1 is 1.27 bits per heavy atom. The van der Waals surface area contributed by atoms with Gasteiger partial charge in [0.2, 0.25) is 0 Å². The third-order valence-electron chi connectivity index (χ3n) is 2.22. The summed E-state index contributed by atoms with van der Waals surface area (Å²) in [5.74, 6) is 0.557. The van der Waals surface area contributed by atoms with Crippen molar-refractivity contribution in [2.75, 3.05) is 12.0 Å². The number of hydrogen-bond donors (Lipinski definition) is 1. The van der Waals surface area contributed by atoms with Gasteiger partial charge in [0.05, 0.1) is 5.69 Å². The van der Waals surface area contributed by atoms with Crippen molar-refractivity contribution in [1.29, 1.82) is 0 Å². The van der Waals surface area contributed by atoms with Crippen LogP contribution in [0.3, 0.4) is 0 Å². The van der Waals surface area contributed by atoms with E-state index in [-0.39, 0.29) is 0 Å². The van der Waals surface area contributed by atoms with Crippen LogP contribution >= 0.6 is 11.8 Å². The number of anilines is 1. The number of thioether (sulfide) groups is 1. The zero-order valence-electron chi connectivity index (χ0n) is 8.77. The van der Waals surface area contributed by atoms with E-state index < -0.39 is 0 Å². The van der Waals surface area contributed by atoms with E-state index in [1.807, 2.05) is 29.8 Å². The second-order valence-corrected chi connectivity index (χ2v) is 4.20. The van der Waals surface area contributed by atoms with Crippen LogP contribution in [-0.2, 0) is 0 Å². The van der Waals surface area contributed by atoms with E-state index in [2.05, 4.69) is 23.5 Å². The van der Waals surface area contributed by atoms with E-state index in [4.69, 9.17) is 5.73 Å². The second kappa shape index (κ2) is 3.98. The maximum absolute atomic E-state index is 5.64. The molecule has 78 valence electrons. The van der Waals surface area contributed by atoms with Crippen molar-refractivity contribution in [1.82, 2.24) is 9.78 Å². The molecule has 1 aromatic carbocycles. The zero-order valence-corrected chi connectivity index (χ0v) is 9.58. The first-order valence-corrected chi connectivity index (χ1v) is 5.90. The van der Waals surface area contributed by atoms with Crippen LogP contribution in [0, 0.1) is 6.92 Å². The Labute approximate surface area is 93.3 Å². The van der Waals surface area contributed by atoms with Crippen LogP contribution in [-0.4, -0.2) is 16.0 Å². The molecule has 3 nitrogen and oxygen atoms in total. The van der Waals surface area contributed by atoms with Gasteiger partial charge in [-0.05, 0) is 37.4 Å². The monoisotopic (exact) mass is 219 g/mol. The summed E-state index contributed by atoms with van der Waals surface area (Å²) in [6, 6.07) is 10.1. The molecule has 4 heteroatoms. The number of aryl methyl sites for hydroxylation is 1. The summed E-state index contributed by atoms with van der Waals surface area (Å²) in [4.78, 5) is 1.25. The van der Waals surface area contributed by atoms with E-state index in [0.29, 0.717) is 5.82 Å². The van der Waals surface area contributed by atoms with Crippen LogP contribution in [0.15, 0.2) is 35.2 Å². The molecule has 0 amide bonds. The van der Waals surface area contributed by atoms with Crippen LogP contribution in [0.2, 0.25) is 0 Å². The minimum absolute atomic E-state index is 0.557. The highest BCUT2D eigenvalue weighted by Gasteiger charge is 2.03. The molecule has 0 bridgehead atoms. The lowest BCUT2D eigenvalue weighted by atomic mass is 10.3. The van der Waals surface area contributed by atoms with E-state index in [0.717, 1.165) is 11.4 Å². The molecule has 0 saturated carbocycles. The lowest BCUT2D eigenvalue weighted by molar-refractivity contribution is 0.850. The summed E-state index contributed by atoms with van der Waals surface area (Å²) >= 11 is 1.73. The molecular formula is C11H13N3S. The van der Waals surface area contributed by atoms with Crippen LogP contribution in [0.1, 0.15) is 5.69 Å². The summed E-state index contributed by atoms with van der Waals surface area (Å²) in [6.45, 7) is 1.99. The smallest absolute Gasteiger partial charge is 0.146 e. The predicted molar refractivity (Wildman–Crippen MR) is 64.5 cm³/mol. The van der Waals surface area contributed by atoms with Gasteiger partial charge in [-0.25, -0.2) is 4.68 Å². The van der Waals surface area contributed by atoms with Gasteiger partial charge in [-0.3, -0.25) is 0 Å². The highest BCUT2D eigenvalue weighted by molar-refractivity contribution is 7.98. The Morgan fingerprint density at radius 3 is 2.40 bits per heavy atom. The first kappa shape index (κ1) is 10.1. The third kappa shape index (κ3) is 1.99. The van der Waals surface area contributed by atoms with Crippen LogP contribution in [0.5, 0.6) is 0 Å². The van der Waals surface area contributed by atoms with Crippen molar-refractivity contribution < 1.29 is 0 Å². The molecule has 1 aromatic heterocycles. The molecule has 0 aliphatic heterocycles. The third-order valence-corrected chi connectivity index (χ3v) is 2.97. The van der Waals surface area contributed by atoms with Crippen molar-refractivity contribution in [3.8, 4) is 5.69 Å². The number of nitrogens with zero attached hydrogens (tertiary/aromatic N) is 2. The van der Waals surface area contributed by atoms with Crippen molar-refractivity contribution in [2.24, 2.45) is 0 Å². The van der Waals surface area contributed by atoms with Gasteiger partial charge < -0.3 is 5.73 Å². The highest BCUT2D eigenvalue weighted by Crippen LogP contribution is 2.18. The molecule has 0 spiro atoms.